The first kappa shape index (κ1) is 24.1. The molecule has 166 valence electrons. The minimum Gasteiger partial charge on any atom is -0.494 e. The van der Waals surface area contributed by atoms with Crippen LogP contribution in [0, 0.1) is 6.92 Å². The minimum atomic E-state index is -0.245. The van der Waals surface area contributed by atoms with Gasteiger partial charge < -0.3 is 15.0 Å². The van der Waals surface area contributed by atoms with E-state index in [1.54, 1.807) is 24.3 Å². The van der Waals surface area contributed by atoms with Gasteiger partial charge in [-0.3, -0.25) is 14.4 Å². The van der Waals surface area contributed by atoms with E-state index >= 15 is 0 Å². The van der Waals surface area contributed by atoms with Gasteiger partial charge in [-0.15, -0.1) is 0 Å². The highest BCUT2D eigenvalue weighted by atomic mass is 16.5. The van der Waals surface area contributed by atoms with Crippen molar-refractivity contribution in [3.8, 4) is 5.75 Å². The molecule has 0 saturated carbocycles. The van der Waals surface area contributed by atoms with Crippen molar-refractivity contribution in [2.45, 2.75) is 46.5 Å². The maximum Gasteiger partial charge on any atom is 0.244 e. The van der Waals surface area contributed by atoms with Crippen LogP contribution in [-0.4, -0.2) is 42.2 Å². The molecule has 0 saturated heterocycles. The molecule has 0 unspecified atom stereocenters. The SMILES string of the molecule is CCCOc1ccc(C(=O)CCC(=O)N(CCC)CC(=O)Nc2ccccc2C)cc1. The second-order valence-electron chi connectivity index (χ2n) is 7.47. The molecule has 2 aromatic rings. The van der Waals surface area contributed by atoms with Gasteiger partial charge in [0.2, 0.25) is 11.8 Å². The molecule has 0 aromatic heterocycles. The topological polar surface area (TPSA) is 75.7 Å². The number of Topliss-reactive ketones (excluding diaryl/α,β-unsaturated/α-hetero) is 1. The largest absolute Gasteiger partial charge is 0.494 e. The minimum absolute atomic E-state index is 0.0291. The summed E-state index contributed by atoms with van der Waals surface area (Å²) in [4.78, 5) is 39.1. The zero-order chi connectivity index (χ0) is 22.6. The molecule has 0 aliphatic heterocycles. The first-order valence-corrected chi connectivity index (χ1v) is 10.8. The van der Waals surface area contributed by atoms with Gasteiger partial charge >= 0.3 is 0 Å². The lowest BCUT2D eigenvalue weighted by atomic mass is 10.1. The van der Waals surface area contributed by atoms with Crippen LogP contribution in [0.15, 0.2) is 48.5 Å². The number of aryl methyl sites for hydroxylation is 1. The molecule has 0 spiro atoms. The molecule has 2 rings (SSSR count). The van der Waals surface area contributed by atoms with Crippen LogP contribution in [0.4, 0.5) is 5.69 Å². The maximum atomic E-state index is 12.7. The second-order valence-corrected chi connectivity index (χ2v) is 7.47. The summed E-state index contributed by atoms with van der Waals surface area (Å²) in [6.45, 7) is 6.97. The molecule has 0 atom stereocenters. The van der Waals surface area contributed by atoms with Crippen molar-refractivity contribution in [1.82, 2.24) is 4.90 Å². The van der Waals surface area contributed by atoms with E-state index in [-0.39, 0.29) is 37.0 Å². The van der Waals surface area contributed by atoms with Crippen molar-refractivity contribution in [3.05, 3.63) is 59.7 Å². The summed E-state index contributed by atoms with van der Waals surface area (Å²) < 4.78 is 5.52. The Balaban J connectivity index is 1.88. The van der Waals surface area contributed by atoms with Crippen LogP contribution in [0.5, 0.6) is 5.75 Å². The Morgan fingerprint density at radius 3 is 2.29 bits per heavy atom. The number of carbonyl (C=O) groups is 3. The first-order valence-electron chi connectivity index (χ1n) is 10.8. The fraction of sp³-hybridized carbons (Fsp3) is 0.400. The number of benzene rings is 2. The van der Waals surface area contributed by atoms with Gasteiger partial charge in [-0.2, -0.15) is 0 Å². The summed E-state index contributed by atoms with van der Waals surface area (Å²) in [5.74, 6) is 0.183. The summed E-state index contributed by atoms with van der Waals surface area (Å²) >= 11 is 0. The predicted molar refractivity (Wildman–Crippen MR) is 122 cm³/mol. The van der Waals surface area contributed by atoms with Gasteiger partial charge in [0, 0.05) is 30.6 Å². The summed E-state index contributed by atoms with van der Waals surface area (Å²) in [5.41, 5.74) is 2.25. The molecule has 0 fully saturated rings. The molecule has 0 bridgehead atoms. The molecular formula is C25H32N2O4. The molecule has 0 aliphatic carbocycles. The van der Waals surface area contributed by atoms with Gasteiger partial charge in [0.05, 0.1) is 13.2 Å². The summed E-state index contributed by atoms with van der Waals surface area (Å²) in [5, 5.41) is 2.85. The number of para-hydroxylation sites is 1. The number of hydrogen-bond acceptors (Lipinski definition) is 4. The third-order valence-corrected chi connectivity index (χ3v) is 4.81. The molecule has 31 heavy (non-hydrogen) atoms. The molecule has 0 radical (unpaired) electrons. The summed E-state index contributed by atoms with van der Waals surface area (Å²) in [6.07, 6.45) is 1.83. The highest BCUT2D eigenvalue weighted by Gasteiger charge is 2.18. The lowest BCUT2D eigenvalue weighted by molar-refractivity contribution is -0.134. The predicted octanol–water partition coefficient (Wildman–Crippen LogP) is 4.62. The fourth-order valence-electron chi connectivity index (χ4n) is 3.12. The van der Waals surface area contributed by atoms with Crippen LogP contribution < -0.4 is 10.1 Å². The van der Waals surface area contributed by atoms with Gasteiger partial charge in [-0.25, -0.2) is 0 Å². The molecule has 6 nitrogen and oxygen atoms in total. The highest BCUT2D eigenvalue weighted by Crippen LogP contribution is 2.15. The first-order chi connectivity index (χ1) is 14.9. The van der Waals surface area contributed by atoms with Crippen LogP contribution in [0.1, 0.15) is 55.5 Å². The maximum absolute atomic E-state index is 12.7. The standard InChI is InChI=1S/C25H32N2O4/c1-4-16-27(18-24(29)26-22-9-7-6-8-19(22)3)25(30)15-14-23(28)20-10-12-21(13-11-20)31-17-5-2/h6-13H,4-5,14-18H2,1-3H3,(H,26,29). The Morgan fingerprint density at radius 1 is 0.935 bits per heavy atom. The average Bonchev–Trinajstić information content (AvgIpc) is 2.77. The third kappa shape index (κ3) is 7.89. The van der Waals surface area contributed by atoms with Crippen LogP contribution in [0.3, 0.4) is 0 Å². The summed E-state index contributed by atoms with van der Waals surface area (Å²) in [7, 11) is 0. The number of carbonyl (C=O) groups excluding carboxylic acids is 3. The molecule has 2 amide bonds. The molecule has 2 aromatic carbocycles. The number of ether oxygens (including phenoxy) is 1. The highest BCUT2D eigenvalue weighted by molar-refractivity contribution is 5.99. The molecule has 0 aliphatic rings. The van der Waals surface area contributed by atoms with E-state index in [0.29, 0.717) is 18.7 Å². The summed E-state index contributed by atoms with van der Waals surface area (Å²) in [6, 6.07) is 14.5. The van der Waals surface area contributed by atoms with E-state index in [1.165, 1.54) is 4.90 Å². The van der Waals surface area contributed by atoms with Gasteiger partial charge in [-0.1, -0.05) is 32.0 Å². The molecule has 1 N–H and O–H groups in total. The Kier molecular flexibility index (Phi) is 9.75. The van der Waals surface area contributed by atoms with Crippen molar-refractivity contribution < 1.29 is 19.1 Å². The molecule has 0 heterocycles. The normalized spacial score (nSPS) is 10.4. The van der Waals surface area contributed by atoms with Gasteiger partial charge in [-0.05, 0) is 55.7 Å². The molecule has 6 heteroatoms. The monoisotopic (exact) mass is 424 g/mol. The zero-order valence-electron chi connectivity index (χ0n) is 18.6. The van der Waals surface area contributed by atoms with Crippen LogP contribution in [0.2, 0.25) is 0 Å². The smallest absolute Gasteiger partial charge is 0.244 e. The second kappa shape index (κ2) is 12.5. The Hall–Kier alpha value is -3.15. The van der Waals surface area contributed by atoms with E-state index in [0.717, 1.165) is 29.8 Å². The van der Waals surface area contributed by atoms with E-state index in [4.69, 9.17) is 4.74 Å². The fourth-order valence-corrected chi connectivity index (χ4v) is 3.12. The Morgan fingerprint density at radius 2 is 1.65 bits per heavy atom. The number of nitrogens with one attached hydrogen (secondary N) is 1. The number of hydrogen-bond donors (Lipinski definition) is 1. The number of rotatable bonds is 12. The van der Waals surface area contributed by atoms with Gasteiger partial charge in [0.25, 0.3) is 0 Å². The van der Waals surface area contributed by atoms with E-state index in [1.807, 2.05) is 45.0 Å². The van der Waals surface area contributed by atoms with Crippen LogP contribution in [-0.2, 0) is 9.59 Å². The number of anilines is 1. The van der Waals surface area contributed by atoms with Crippen molar-refractivity contribution >= 4 is 23.3 Å². The van der Waals surface area contributed by atoms with Crippen molar-refractivity contribution in [3.63, 3.8) is 0 Å². The number of ketones is 1. The quantitative estimate of drug-likeness (QED) is 0.504. The van der Waals surface area contributed by atoms with Gasteiger partial charge in [0.15, 0.2) is 5.78 Å². The van der Waals surface area contributed by atoms with E-state index in [9.17, 15) is 14.4 Å². The van der Waals surface area contributed by atoms with Crippen molar-refractivity contribution in [1.29, 1.82) is 0 Å². The van der Waals surface area contributed by atoms with E-state index < -0.39 is 0 Å². The van der Waals surface area contributed by atoms with Crippen LogP contribution in [0.25, 0.3) is 0 Å². The lowest BCUT2D eigenvalue weighted by Crippen LogP contribution is -2.38. The third-order valence-electron chi connectivity index (χ3n) is 4.81. The number of nitrogens with zero attached hydrogens (tertiary/aromatic N) is 1. The van der Waals surface area contributed by atoms with Crippen LogP contribution >= 0.6 is 0 Å². The average molecular weight is 425 g/mol. The zero-order valence-corrected chi connectivity index (χ0v) is 18.6. The van der Waals surface area contributed by atoms with Crippen molar-refractivity contribution in [2.24, 2.45) is 0 Å². The Labute approximate surface area is 184 Å². The Bertz CT molecular complexity index is 877. The van der Waals surface area contributed by atoms with Gasteiger partial charge in [0.1, 0.15) is 5.75 Å². The number of amides is 2. The lowest BCUT2D eigenvalue weighted by Gasteiger charge is -2.22. The van der Waals surface area contributed by atoms with E-state index in [2.05, 4.69) is 5.32 Å². The van der Waals surface area contributed by atoms with Crippen molar-refractivity contribution in [2.75, 3.05) is 25.0 Å². The molecular weight excluding hydrogens is 392 g/mol.